The molecule has 32 heavy (non-hydrogen) atoms. The van der Waals surface area contributed by atoms with E-state index in [-0.39, 0.29) is 12.7 Å². The Bertz CT molecular complexity index is 1170. The molecule has 0 saturated carbocycles. The van der Waals surface area contributed by atoms with Crippen LogP contribution in [0.2, 0.25) is 0 Å². The summed E-state index contributed by atoms with van der Waals surface area (Å²) in [5.74, 6) is 1.27. The summed E-state index contributed by atoms with van der Waals surface area (Å²) in [4.78, 5) is 25.8. The molecule has 9 heteroatoms. The monoisotopic (exact) mass is 498 g/mol. The molecule has 2 amide bonds. The summed E-state index contributed by atoms with van der Waals surface area (Å²) >= 11 is 3.38. The maximum absolute atomic E-state index is 12.9. The van der Waals surface area contributed by atoms with Crippen LogP contribution in [0, 0.1) is 0 Å². The van der Waals surface area contributed by atoms with Crippen molar-refractivity contribution in [2.75, 3.05) is 31.6 Å². The Morgan fingerprint density at radius 3 is 2.28 bits per heavy atom. The minimum Gasteiger partial charge on any atom is -0.495 e. The molecule has 8 nitrogen and oxygen atoms in total. The normalized spacial score (nSPS) is 11.6. The molecule has 0 spiro atoms. The van der Waals surface area contributed by atoms with E-state index >= 15 is 0 Å². The summed E-state index contributed by atoms with van der Waals surface area (Å²) in [6.07, 6.45) is 0. The fraction of sp³-hybridized carbons (Fsp3) is 0.130. The smallest absolute Gasteiger partial charge is 0.257 e. The van der Waals surface area contributed by atoms with Gasteiger partial charge in [-0.3, -0.25) is 9.59 Å². The highest BCUT2D eigenvalue weighted by Crippen LogP contribution is 2.36. The van der Waals surface area contributed by atoms with Gasteiger partial charge < -0.3 is 29.6 Å². The van der Waals surface area contributed by atoms with Crippen molar-refractivity contribution >= 4 is 39.1 Å². The van der Waals surface area contributed by atoms with Crippen molar-refractivity contribution in [3.63, 3.8) is 0 Å². The number of hydrogen-bond donors (Lipinski definition) is 2. The number of nitrogens with one attached hydrogen (secondary N) is 2. The molecule has 0 aromatic heterocycles. The Labute approximate surface area is 192 Å². The van der Waals surface area contributed by atoms with Crippen LogP contribution in [0.1, 0.15) is 20.7 Å². The van der Waals surface area contributed by atoms with Gasteiger partial charge in [0.1, 0.15) is 16.0 Å². The van der Waals surface area contributed by atoms with Crippen molar-refractivity contribution in [3.8, 4) is 23.0 Å². The van der Waals surface area contributed by atoms with Gasteiger partial charge in [-0.2, -0.15) is 0 Å². The zero-order valence-electron chi connectivity index (χ0n) is 17.2. The predicted molar refractivity (Wildman–Crippen MR) is 122 cm³/mol. The number of amides is 2. The van der Waals surface area contributed by atoms with Crippen LogP contribution in [0.25, 0.3) is 0 Å². The van der Waals surface area contributed by atoms with Crippen molar-refractivity contribution in [2.24, 2.45) is 0 Å². The fourth-order valence-electron chi connectivity index (χ4n) is 3.16. The summed E-state index contributed by atoms with van der Waals surface area (Å²) in [7, 11) is 2.99. The molecular weight excluding hydrogens is 480 g/mol. The molecule has 3 aromatic carbocycles. The number of para-hydroxylation sites is 1. The van der Waals surface area contributed by atoms with Gasteiger partial charge in [0.05, 0.1) is 25.5 Å². The predicted octanol–water partition coefficient (Wildman–Crippen LogP) is 4.70. The molecule has 164 valence electrons. The van der Waals surface area contributed by atoms with E-state index in [1.807, 2.05) is 0 Å². The topological polar surface area (TPSA) is 95.1 Å². The Hall–Kier alpha value is -3.72. The second-order valence-corrected chi connectivity index (χ2v) is 7.51. The summed E-state index contributed by atoms with van der Waals surface area (Å²) < 4.78 is 21.8. The van der Waals surface area contributed by atoms with Crippen molar-refractivity contribution in [1.29, 1.82) is 0 Å². The number of anilines is 2. The lowest BCUT2D eigenvalue weighted by molar-refractivity contribution is 0.102. The zero-order valence-corrected chi connectivity index (χ0v) is 18.8. The van der Waals surface area contributed by atoms with E-state index in [2.05, 4.69) is 26.6 Å². The number of halogens is 1. The molecule has 0 radical (unpaired) electrons. The number of methoxy groups -OCH3 is 2. The third-order valence-electron chi connectivity index (χ3n) is 4.76. The van der Waals surface area contributed by atoms with Gasteiger partial charge in [0.15, 0.2) is 11.5 Å². The average molecular weight is 499 g/mol. The van der Waals surface area contributed by atoms with Gasteiger partial charge in [0, 0.05) is 17.3 Å². The third-order valence-corrected chi connectivity index (χ3v) is 5.54. The number of fused-ring (bicyclic) bond motifs is 1. The molecule has 3 aromatic rings. The van der Waals surface area contributed by atoms with Crippen LogP contribution in [-0.2, 0) is 0 Å². The van der Waals surface area contributed by atoms with Crippen LogP contribution in [0.4, 0.5) is 11.4 Å². The first-order valence-corrected chi connectivity index (χ1v) is 10.3. The van der Waals surface area contributed by atoms with Crippen LogP contribution >= 0.6 is 15.9 Å². The SMILES string of the molecule is COc1cc(C(=O)Nc2ccccc2C(=O)Nc2ccc3c(c2)OCO3)cc(OC)c1Br. The molecule has 1 aliphatic heterocycles. The second kappa shape index (κ2) is 9.19. The molecule has 0 saturated heterocycles. The number of benzene rings is 3. The number of hydrogen-bond acceptors (Lipinski definition) is 6. The quantitative estimate of drug-likeness (QED) is 0.511. The lowest BCUT2D eigenvalue weighted by Gasteiger charge is -2.14. The van der Waals surface area contributed by atoms with Crippen molar-refractivity contribution in [2.45, 2.75) is 0 Å². The van der Waals surface area contributed by atoms with Crippen LogP contribution in [0.5, 0.6) is 23.0 Å². The van der Waals surface area contributed by atoms with Crippen molar-refractivity contribution < 1.29 is 28.5 Å². The molecule has 0 aliphatic carbocycles. The maximum atomic E-state index is 12.9. The van der Waals surface area contributed by atoms with Crippen LogP contribution in [0.3, 0.4) is 0 Å². The average Bonchev–Trinajstić information content (AvgIpc) is 3.27. The Balaban J connectivity index is 1.56. The van der Waals surface area contributed by atoms with E-state index < -0.39 is 5.91 Å². The second-order valence-electron chi connectivity index (χ2n) is 6.72. The highest BCUT2D eigenvalue weighted by Gasteiger charge is 2.19. The first-order chi connectivity index (χ1) is 15.5. The van der Waals surface area contributed by atoms with E-state index in [1.54, 1.807) is 54.6 Å². The number of ether oxygens (including phenoxy) is 4. The van der Waals surface area contributed by atoms with Crippen LogP contribution in [0.15, 0.2) is 59.1 Å². The molecule has 0 unspecified atom stereocenters. The Morgan fingerprint density at radius 1 is 0.875 bits per heavy atom. The van der Waals surface area contributed by atoms with Gasteiger partial charge in [0.25, 0.3) is 11.8 Å². The maximum Gasteiger partial charge on any atom is 0.257 e. The number of carbonyl (C=O) groups is 2. The third kappa shape index (κ3) is 4.33. The molecule has 0 fully saturated rings. The molecule has 0 bridgehead atoms. The van der Waals surface area contributed by atoms with Crippen LogP contribution in [-0.4, -0.2) is 32.8 Å². The summed E-state index contributed by atoms with van der Waals surface area (Å²) in [6, 6.07) is 15.0. The van der Waals surface area contributed by atoms with Crippen molar-refractivity contribution in [1.82, 2.24) is 0 Å². The lowest BCUT2D eigenvalue weighted by atomic mass is 10.1. The van der Waals surface area contributed by atoms with E-state index in [0.717, 1.165) is 0 Å². The summed E-state index contributed by atoms with van der Waals surface area (Å²) in [5, 5.41) is 5.60. The first-order valence-electron chi connectivity index (χ1n) is 9.53. The highest BCUT2D eigenvalue weighted by molar-refractivity contribution is 9.10. The zero-order chi connectivity index (χ0) is 22.7. The van der Waals surface area contributed by atoms with Gasteiger partial charge in [-0.05, 0) is 52.3 Å². The highest BCUT2D eigenvalue weighted by atomic mass is 79.9. The largest absolute Gasteiger partial charge is 0.495 e. The Kier molecular flexibility index (Phi) is 6.18. The number of carbonyl (C=O) groups excluding carboxylic acids is 2. The Morgan fingerprint density at radius 2 is 1.56 bits per heavy atom. The van der Waals surface area contributed by atoms with E-state index in [0.29, 0.717) is 50.0 Å². The van der Waals surface area contributed by atoms with Crippen molar-refractivity contribution in [3.05, 3.63) is 70.2 Å². The van der Waals surface area contributed by atoms with Gasteiger partial charge in [0.2, 0.25) is 6.79 Å². The molecule has 1 aliphatic rings. The van der Waals surface area contributed by atoms with Gasteiger partial charge in [-0.25, -0.2) is 0 Å². The van der Waals surface area contributed by atoms with Crippen LogP contribution < -0.4 is 29.6 Å². The lowest BCUT2D eigenvalue weighted by Crippen LogP contribution is -2.18. The minimum absolute atomic E-state index is 0.146. The molecule has 2 N–H and O–H groups in total. The van der Waals surface area contributed by atoms with E-state index in [4.69, 9.17) is 18.9 Å². The standard InChI is InChI=1S/C23H19BrN2O6/c1-29-19-9-13(10-20(30-2)21(19)24)22(27)26-16-6-4-3-5-15(16)23(28)25-14-7-8-17-18(11-14)32-12-31-17/h3-11H,12H2,1-2H3,(H,25,28)(H,26,27). The summed E-state index contributed by atoms with van der Waals surface area (Å²) in [6.45, 7) is 0.146. The molecular formula is C23H19BrN2O6. The molecule has 1 heterocycles. The summed E-state index contributed by atoms with van der Waals surface area (Å²) in [5.41, 5.74) is 1.52. The fourth-order valence-corrected chi connectivity index (χ4v) is 3.71. The first kappa shape index (κ1) is 21.5. The van der Waals surface area contributed by atoms with Gasteiger partial charge >= 0.3 is 0 Å². The van der Waals surface area contributed by atoms with E-state index in [9.17, 15) is 9.59 Å². The number of rotatable bonds is 6. The van der Waals surface area contributed by atoms with Gasteiger partial charge in [-0.15, -0.1) is 0 Å². The minimum atomic E-state index is -0.419. The molecule has 0 atom stereocenters. The van der Waals surface area contributed by atoms with Gasteiger partial charge in [-0.1, -0.05) is 12.1 Å². The van der Waals surface area contributed by atoms with E-state index in [1.165, 1.54) is 14.2 Å². The molecule has 4 rings (SSSR count).